The lowest BCUT2D eigenvalue weighted by Gasteiger charge is -2.23. The van der Waals surface area contributed by atoms with Gasteiger partial charge in [-0.05, 0) is 31.5 Å². The lowest BCUT2D eigenvalue weighted by Crippen LogP contribution is -2.42. The van der Waals surface area contributed by atoms with E-state index in [1.54, 1.807) is 6.92 Å². The average Bonchev–Trinajstić information content (AvgIpc) is 2.40. The molecule has 0 saturated heterocycles. The van der Waals surface area contributed by atoms with Crippen LogP contribution in [0.4, 0.5) is 14.9 Å². The van der Waals surface area contributed by atoms with Gasteiger partial charge in [0.15, 0.2) is 0 Å². The van der Waals surface area contributed by atoms with Crippen LogP contribution in [0.2, 0.25) is 5.02 Å². The first-order valence-electron chi connectivity index (χ1n) is 6.02. The van der Waals surface area contributed by atoms with Gasteiger partial charge in [0.05, 0.1) is 11.1 Å². The number of hydrogen-bond acceptors (Lipinski definition) is 2. The maximum atomic E-state index is 13.4. The van der Waals surface area contributed by atoms with Crippen molar-refractivity contribution in [3.05, 3.63) is 29.0 Å². The van der Waals surface area contributed by atoms with E-state index in [4.69, 9.17) is 16.7 Å². The third-order valence-corrected chi connectivity index (χ3v) is 3.35. The van der Waals surface area contributed by atoms with Gasteiger partial charge >= 0.3 is 12.0 Å². The Morgan fingerprint density at radius 3 is 2.65 bits per heavy atom. The zero-order valence-electron chi connectivity index (χ0n) is 11.2. The Morgan fingerprint density at radius 1 is 1.45 bits per heavy atom. The molecule has 1 unspecified atom stereocenters. The van der Waals surface area contributed by atoms with Crippen molar-refractivity contribution in [3.8, 4) is 0 Å². The second-order valence-electron chi connectivity index (χ2n) is 4.65. The van der Waals surface area contributed by atoms with Gasteiger partial charge in [-0.15, -0.1) is 0 Å². The number of carbonyl (C=O) groups excluding carboxylic acids is 1. The van der Waals surface area contributed by atoms with Crippen molar-refractivity contribution in [1.82, 2.24) is 5.32 Å². The molecule has 1 aromatic carbocycles. The fourth-order valence-corrected chi connectivity index (χ4v) is 1.56. The molecule has 0 heterocycles. The van der Waals surface area contributed by atoms with Crippen LogP contribution in [0.3, 0.4) is 0 Å². The molecule has 20 heavy (non-hydrogen) atoms. The number of aliphatic carboxylic acids is 1. The van der Waals surface area contributed by atoms with Crippen molar-refractivity contribution in [3.63, 3.8) is 0 Å². The van der Waals surface area contributed by atoms with E-state index >= 15 is 0 Å². The van der Waals surface area contributed by atoms with Crippen LogP contribution >= 0.6 is 11.6 Å². The van der Waals surface area contributed by atoms with Crippen molar-refractivity contribution in [2.45, 2.75) is 20.3 Å². The SMILES string of the molecule is CCC(C)(CNC(=O)Nc1cc(Cl)ccc1F)C(=O)O. The van der Waals surface area contributed by atoms with E-state index in [0.29, 0.717) is 6.42 Å². The summed E-state index contributed by atoms with van der Waals surface area (Å²) in [6.45, 7) is 3.17. The van der Waals surface area contributed by atoms with Crippen molar-refractivity contribution in [2.24, 2.45) is 5.41 Å². The summed E-state index contributed by atoms with van der Waals surface area (Å²) >= 11 is 5.70. The molecule has 2 amide bonds. The topological polar surface area (TPSA) is 78.4 Å². The molecule has 3 N–H and O–H groups in total. The molecule has 1 rings (SSSR count). The van der Waals surface area contributed by atoms with Crippen LogP contribution in [-0.4, -0.2) is 23.7 Å². The number of nitrogens with one attached hydrogen (secondary N) is 2. The normalized spacial score (nSPS) is 13.4. The molecule has 7 heteroatoms. The Kier molecular flexibility index (Phi) is 5.33. The van der Waals surface area contributed by atoms with Gasteiger partial charge < -0.3 is 15.7 Å². The van der Waals surface area contributed by atoms with Crippen LogP contribution in [-0.2, 0) is 4.79 Å². The van der Waals surface area contributed by atoms with Crippen molar-refractivity contribution < 1.29 is 19.1 Å². The van der Waals surface area contributed by atoms with Crippen LogP contribution in [0.25, 0.3) is 0 Å². The largest absolute Gasteiger partial charge is 0.481 e. The Morgan fingerprint density at radius 2 is 2.10 bits per heavy atom. The van der Waals surface area contributed by atoms with E-state index in [1.165, 1.54) is 19.1 Å². The molecule has 110 valence electrons. The fourth-order valence-electron chi connectivity index (χ4n) is 1.39. The number of anilines is 1. The Balaban J connectivity index is 2.65. The van der Waals surface area contributed by atoms with E-state index in [0.717, 1.165) is 6.07 Å². The molecule has 0 fully saturated rings. The number of urea groups is 1. The Hall–Kier alpha value is -1.82. The minimum Gasteiger partial charge on any atom is -0.481 e. The van der Waals surface area contributed by atoms with Gasteiger partial charge in [0.2, 0.25) is 0 Å². The maximum Gasteiger partial charge on any atom is 0.319 e. The summed E-state index contributed by atoms with van der Waals surface area (Å²) in [5.74, 6) is -1.63. The zero-order chi connectivity index (χ0) is 15.3. The van der Waals surface area contributed by atoms with E-state index in [9.17, 15) is 14.0 Å². The molecule has 0 radical (unpaired) electrons. The maximum absolute atomic E-state index is 13.4. The van der Waals surface area contributed by atoms with Crippen molar-refractivity contribution in [2.75, 3.05) is 11.9 Å². The molecule has 0 saturated carbocycles. The second kappa shape index (κ2) is 6.56. The van der Waals surface area contributed by atoms with Gasteiger partial charge in [0.1, 0.15) is 5.82 Å². The summed E-state index contributed by atoms with van der Waals surface area (Å²) < 4.78 is 13.4. The predicted octanol–water partition coefficient (Wildman–Crippen LogP) is 3.10. The van der Waals surface area contributed by atoms with Gasteiger partial charge in [-0.2, -0.15) is 0 Å². The minimum atomic E-state index is -1.07. The predicted molar refractivity (Wildman–Crippen MR) is 74.5 cm³/mol. The Bertz CT molecular complexity index is 524. The van der Waals surface area contributed by atoms with Crippen LogP contribution in [0, 0.1) is 11.2 Å². The van der Waals surface area contributed by atoms with Crippen molar-refractivity contribution in [1.29, 1.82) is 0 Å². The van der Waals surface area contributed by atoms with Crippen LogP contribution in [0.1, 0.15) is 20.3 Å². The molecule has 0 aliphatic carbocycles. The number of benzene rings is 1. The highest BCUT2D eigenvalue weighted by Gasteiger charge is 2.31. The zero-order valence-corrected chi connectivity index (χ0v) is 11.9. The smallest absolute Gasteiger partial charge is 0.319 e. The monoisotopic (exact) mass is 302 g/mol. The fraction of sp³-hybridized carbons (Fsp3) is 0.385. The number of hydrogen-bond donors (Lipinski definition) is 3. The van der Waals surface area contributed by atoms with E-state index < -0.39 is 23.2 Å². The minimum absolute atomic E-state index is 0.0626. The third-order valence-electron chi connectivity index (χ3n) is 3.11. The molecule has 0 aromatic heterocycles. The highest BCUT2D eigenvalue weighted by Crippen LogP contribution is 2.21. The number of carbonyl (C=O) groups is 2. The van der Waals surface area contributed by atoms with Gasteiger partial charge in [-0.1, -0.05) is 18.5 Å². The summed E-state index contributed by atoms with van der Waals surface area (Å²) in [6.07, 6.45) is 0.355. The average molecular weight is 303 g/mol. The summed E-state index contributed by atoms with van der Waals surface area (Å²) in [7, 11) is 0. The molecule has 0 aliphatic heterocycles. The molecule has 0 aliphatic rings. The number of carboxylic acids is 1. The summed E-state index contributed by atoms with van der Waals surface area (Å²) in [4.78, 5) is 22.7. The van der Waals surface area contributed by atoms with Gasteiger partial charge in [0, 0.05) is 11.6 Å². The number of amides is 2. The van der Waals surface area contributed by atoms with Gasteiger partial charge in [-0.25, -0.2) is 9.18 Å². The molecule has 5 nitrogen and oxygen atoms in total. The number of rotatable bonds is 5. The third kappa shape index (κ3) is 4.09. The second-order valence-corrected chi connectivity index (χ2v) is 5.09. The lowest BCUT2D eigenvalue weighted by molar-refractivity contribution is -0.147. The molecular weight excluding hydrogens is 287 g/mol. The first kappa shape index (κ1) is 16.2. The summed E-state index contributed by atoms with van der Waals surface area (Å²) in [6, 6.07) is 3.07. The molecule has 0 spiro atoms. The van der Waals surface area contributed by atoms with E-state index in [2.05, 4.69) is 10.6 Å². The van der Waals surface area contributed by atoms with E-state index in [-0.39, 0.29) is 17.3 Å². The van der Waals surface area contributed by atoms with Crippen LogP contribution < -0.4 is 10.6 Å². The van der Waals surface area contributed by atoms with Gasteiger partial charge in [0.25, 0.3) is 0 Å². The highest BCUT2D eigenvalue weighted by atomic mass is 35.5. The van der Waals surface area contributed by atoms with Crippen LogP contribution in [0.5, 0.6) is 0 Å². The van der Waals surface area contributed by atoms with Gasteiger partial charge in [-0.3, -0.25) is 4.79 Å². The first-order valence-corrected chi connectivity index (χ1v) is 6.39. The standard InChI is InChI=1S/C13H16ClFN2O3/c1-3-13(2,11(18)19)7-16-12(20)17-10-6-8(14)4-5-9(10)15/h4-6H,3,7H2,1-2H3,(H,18,19)(H2,16,17,20). The molecule has 1 aromatic rings. The summed E-state index contributed by atoms with van der Waals surface area (Å²) in [5.41, 5.74) is -1.13. The number of halogens is 2. The van der Waals surface area contributed by atoms with Crippen molar-refractivity contribution >= 4 is 29.3 Å². The molecule has 0 bridgehead atoms. The Labute approximate surface area is 121 Å². The highest BCUT2D eigenvalue weighted by molar-refractivity contribution is 6.30. The lowest BCUT2D eigenvalue weighted by atomic mass is 9.88. The number of carboxylic acid groups (broad SMARTS) is 1. The summed E-state index contributed by atoms with van der Waals surface area (Å²) in [5, 5.41) is 14.0. The first-order chi connectivity index (χ1) is 9.28. The molecular formula is C13H16ClFN2O3. The van der Waals surface area contributed by atoms with E-state index in [1.807, 2.05) is 0 Å². The van der Waals surface area contributed by atoms with Crippen LogP contribution in [0.15, 0.2) is 18.2 Å². The molecule has 1 atom stereocenters. The quantitative estimate of drug-likeness (QED) is 0.782.